The normalized spacial score (nSPS) is 16.5. The Hall–Kier alpha value is 0.380. The van der Waals surface area contributed by atoms with Gasteiger partial charge in [0, 0.05) is 17.5 Å². The van der Waals surface area contributed by atoms with Gasteiger partial charge in [-0.3, -0.25) is 0 Å². The minimum absolute atomic E-state index is 0.0307. The zero-order valence-corrected chi connectivity index (χ0v) is 14.9. The van der Waals surface area contributed by atoms with E-state index in [0.717, 1.165) is 17.7 Å². The van der Waals surface area contributed by atoms with E-state index in [-0.39, 0.29) is 6.04 Å². The van der Waals surface area contributed by atoms with Crippen molar-refractivity contribution < 1.29 is 8.42 Å². The molecule has 0 radical (unpaired) electrons. The number of sulfonamides is 1. The lowest BCUT2D eigenvalue weighted by Crippen LogP contribution is -2.38. The highest BCUT2D eigenvalue weighted by Crippen LogP contribution is 2.37. The standard InChI is InChI=1S/C12H17BrClNO2S2/c1-8(2)15(7-9-3-4-9)19(16,17)11-5-10(6-14)18-12(11)13/h5,8-9H,3-4,6-7H2,1-2H3. The number of nitrogens with zero attached hydrogens (tertiary/aromatic N) is 1. The van der Waals surface area contributed by atoms with Gasteiger partial charge in [-0.15, -0.1) is 22.9 Å². The van der Waals surface area contributed by atoms with E-state index in [1.54, 1.807) is 10.4 Å². The van der Waals surface area contributed by atoms with E-state index in [1.807, 2.05) is 13.8 Å². The van der Waals surface area contributed by atoms with E-state index in [9.17, 15) is 8.42 Å². The zero-order chi connectivity index (χ0) is 14.2. The van der Waals surface area contributed by atoms with Gasteiger partial charge in [0.15, 0.2) is 0 Å². The molecule has 0 aromatic carbocycles. The van der Waals surface area contributed by atoms with Gasteiger partial charge < -0.3 is 0 Å². The average molecular weight is 387 g/mol. The van der Waals surface area contributed by atoms with Crippen LogP contribution in [0.3, 0.4) is 0 Å². The van der Waals surface area contributed by atoms with Crippen molar-refractivity contribution >= 4 is 48.9 Å². The number of hydrogen-bond acceptors (Lipinski definition) is 3. The summed E-state index contributed by atoms with van der Waals surface area (Å²) < 4.78 is 27.7. The minimum Gasteiger partial charge on any atom is -0.207 e. The van der Waals surface area contributed by atoms with Crippen LogP contribution in [0.5, 0.6) is 0 Å². The molecule has 7 heteroatoms. The molecule has 0 amide bonds. The lowest BCUT2D eigenvalue weighted by atomic mass is 10.3. The molecule has 1 aliphatic rings. The van der Waals surface area contributed by atoms with Crippen LogP contribution >= 0.6 is 38.9 Å². The summed E-state index contributed by atoms with van der Waals surface area (Å²) >= 11 is 10.5. The van der Waals surface area contributed by atoms with Gasteiger partial charge in [-0.25, -0.2) is 8.42 Å². The fraction of sp³-hybridized carbons (Fsp3) is 0.667. The van der Waals surface area contributed by atoms with Gasteiger partial charge in [-0.05, 0) is 54.6 Å². The first kappa shape index (κ1) is 15.8. The van der Waals surface area contributed by atoms with Crippen molar-refractivity contribution in [1.29, 1.82) is 0 Å². The van der Waals surface area contributed by atoms with Gasteiger partial charge in [-0.1, -0.05) is 0 Å². The van der Waals surface area contributed by atoms with Gasteiger partial charge in [0.2, 0.25) is 10.0 Å². The number of thiophene rings is 1. The molecule has 0 bridgehead atoms. The molecule has 1 aliphatic carbocycles. The Labute approximate surface area is 132 Å². The molecule has 3 nitrogen and oxygen atoms in total. The molecule has 1 aromatic heterocycles. The number of rotatable bonds is 6. The molecular weight excluding hydrogens is 370 g/mol. The third-order valence-electron chi connectivity index (χ3n) is 3.14. The molecule has 0 aliphatic heterocycles. The maximum absolute atomic E-state index is 12.7. The highest BCUT2D eigenvalue weighted by atomic mass is 79.9. The lowest BCUT2D eigenvalue weighted by Gasteiger charge is -2.25. The Bertz CT molecular complexity index is 552. The van der Waals surface area contributed by atoms with Crippen LogP contribution in [0.25, 0.3) is 0 Å². The number of alkyl halides is 1. The quantitative estimate of drug-likeness (QED) is 0.691. The van der Waals surface area contributed by atoms with E-state index in [2.05, 4.69) is 15.9 Å². The molecule has 19 heavy (non-hydrogen) atoms. The predicted molar refractivity (Wildman–Crippen MR) is 83.3 cm³/mol. The second kappa shape index (κ2) is 6.02. The molecule has 0 unspecified atom stereocenters. The van der Waals surface area contributed by atoms with Gasteiger partial charge in [-0.2, -0.15) is 4.31 Å². The van der Waals surface area contributed by atoms with Crippen molar-refractivity contribution in [3.8, 4) is 0 Å². The van der Waals surface area contributed by atoms with Crippen LogP contribution in [0.2, 0.25) is 0 Å². The third kappa shape index (κ3) is 3.53. The summed E-state index contributed by atoms with van der Waals surface area (Å²) in [6, 6.07) is 1.65. The monoisotopic (exact) mass is 385 g/mol. The fourth-order valence-corrected chi connectivity index (χ4v) is 6.35. The Morgan fingerprint density at radius 3 is 2.58 bits per heavy atom. The minimum atomic E-state index is -3.44. The Morgan fingerprint density at radius 2 is 2.16 bits per heavy atom. The largest absolute Gasteiger partial charge is 0.245 e. The Morgan fingerprint density at radius 1 is 1.53 bits per heavy atom. The predicted octanol–water partition coefficient (Wildman–Crippen LogP) is 4.06. The summed E-state index contributed by atoms with van der Waals surface area (Å²) in [6.07, 6.45) is 2.27. The summed E-state index contributed by atoms with van der Waals surface area (Å²) in [7, 11) is -3.44. The van der Waals surface area contributed by atoms with Crippen molar-refractivity contribution in [2.75, 3.05) is 6.54 Å². The SMILES string of the molecule is CC(C)N(CC1CC1)S(=O)(=O)c1cc(CCl)sc1Br. The molecule has 0 saturated heterocycles. The highest BCUT2D eigenvalue weighted by molar-refractivity contribution is 9.11. The molecule has 1 aromatic rings. The van der Waals surface area contributed by atoms with Crippen LogP contribution in [0.4, 0.5) is 0 Å². The second-order valence-corrected chi connectivity index (χ2v) is 9.68. The van der Waals surface area contributed by atoms with E-state index in [1.165, 1.54) is 11.3 Å². The molecule has 1 fully saturated rings. The first-order valence-electron chi connectivity index (χ1n) is 6.22. The maximum Gasteiger partial charge on any atom is 0.245 e. The van der Waals surface area contributed by atoms with Gasteiger partial charge in [0.25, 0.3) is 0 Å². The summed E-state index contributed by atoms with van der Waals surface area (Å²) in [5.41, 5.74) is 0. The second-order valence-electron chi connectivity index (χ2n) is 5.10. The van der Waals surface area contributed by atoms with Crippen molar-refractivity contribution in [3.05, 3.63) is 14.7 Å². The average Bonchev–Trinajstić information content (AvgIpc) is 3.07. The molecule has 1 heterocycles. The Balaban J connectivity index is 2.34. The smallest absolute Gasteiger partial charge is 0.207 e. The van der Waals surface area contributed by atoms with Crippen molar-refractivity contribution in [1.82, 2.24) is 4.31 Å². The van der Waals surface area contributed by atoms with Crippen molar-refractivity contribution in [3.63, 3.8) is 0 Å². The third-order valence-corrected chi connectivity index (χ3v) is 7.88. The molecule has 2 rings (SSSR count). The summed E-state index contributed by atoms with van der Waals surface area (Å²) in [5, 5.41) is 0. The van der Waals surface area contributed by atoms with E-state index >= 15 is 0 Å². The van der Waals surface area contributed by atoms with Gasteiger partial charge >= 0.3 is 0 Å². The van der Waals surface area contributed by atoms with Crippen molar-refractivity contribution in [2.24, 2.45) is 5.92 Å². The maximum atomic E-state index is 12.7. The summed E-state index contributed by atoms with van der Waals surface area (Å²) in [6.45, 7) is 4.46. The van der Waals surface area contributed by atoms with Gasteiger partial charge in [0.05, 0.1) is 9.67 Å². The van der Waals surface area contributed by atoms with Crippen LogP contribution in [0.15, 0.2) is 14.7 Å². The number of hydrogen-bond donors (Lipinski definition) is 0. The summed E-state index contributed by atoms with van der Waals surface area (Å²) in [5.74, 6) is 0.866. The van der Waals surface area contributed by atoms with Crippen molar-refractivity contribution in [2.45, 2.75) is 43.5 Å². The van der Waals surface area contributed by atoms with E-state index < -0.39 is 10.0 Å². The topological polar surface area (TPSA) is 37.4 Å². The molecule has 0 N–H and O–H groups in total. The van der Waals surface area contributed by atoms with Gasteiger partial charge in [0.1, 0.15) is 4.90 Å². The van der Waals surface area contributed by atoms with E-state index in [0.29, 0.717) is 27.0 Å². The molecular formula is C12H17BrClNO2S2. The highest BCUT2D eigenvalue weighted by Gasteiger charge is 2.35. The molecule has 108 valence electrons. The van der Waals surface area contributed by atoms with Crippen LogP contribution in [0, 0.1) is 5.92 Å². The first-order valence-corrected chi connectivity index (χ1v) is 9.80. The summed E-state index contributed by atoms with van der Waals surface area (Å²) in [4.78, 5) is 1.21. The first-order chi connectivity index (χ1) is 8.86. The molecule has 1 saturated carbocycles. The molecule has 0 spiro atoms. The lowest BCUT2D eigenvalue weighted by molar-refractivity contribution is 0.341. The fourth-order valence-electron chi connectivity index (χ4n) is 1.91. The Kier molecular flexibility index (Phi) is 4.99. The van der Waals surface area contributed by atoms with Crippen LogP contribution < -0.4 is 0 Å². The van der Waals surface area contributed by atoms with Crippen LogP contribution in [-0.4, -0.2) is 25.3 Å². The molecule has 0 atom stereocenters. The van der Waals surface area contributed by atoms with E-state index in [4.69, 9.17) is 11.6 Å². The van der Waals surface area contributed by atoms with Crippen LogP contribution in [0.1, 0.15) is 31.6 Å². The number of halogens is 2. The van der Waals surface area contributed by atoms with Crippen LogP contribution in [-0.2, 0) is 15.9 Å². The zero-order valence-electron chi connectivity index (χ0n) is 10.9.